The maximum absolute atomic E-state index is 13.0. The number of nitrogens with one attached hydrogen (secondary N) is 1. The van der Waals surface area contributed by atoms with Gasteiger partial charge in [-0.2, -0.15) is 0 Å². The van der Waals surface area contributed by atoms with E-state index in [1.54, 1.807) is 12.3 Å². The van der Waals surface area contributed by atoms with Crippen LogP contribution in [0.25, 0.3) is 11.3 Å². The second-order valence-electron chi connectivity index (χ2n) is 11.1. The molecule has 2 aromatic heterocycles. The summed E-state index contributed by atoms with van der Waals surface area (Å²) in [5, 5.41) is 21.7. The number of carboxylic acid groups (broad SMARTS) is 2. The van der Waals surface area contributed by atoms with Gasteiger partial charge in [-0.25, -0.2) is 0 Å². The van der Waals surface area contributed by atoms with E-state index in [0.29, 0.717) is 17.7 Å². The molecule has 2 aliphatic rings. The molecule has 2 aromatic rings. The van der Waals surface area contributed by atoms with Crippen molar-refractivity contribution in [3.05, 3.63) is 42.0 Å². The van der Waals surface area contributed by atoms with Crippen molar-refractivity contribution in [1.29, 1.82) is 0 Å². The number of piperidine rings is 1. The largest absolute Gasteiger partial charge is 0.481 e. The Morgan fingerprint density at radius 1 is 1.08 bits per heavy atom. The van der Waals surface area contributed by atoms with Crippen LogP contribution in [-0.4, -0.2) is 63.6 Å². The van der Waals surface area contributed by atoms with Crippen LogP contribution >= 0.6 is 0 Å². The van der Waals surface area contributed by atoms with Crippen molar-refractivity contribution in [2.45, 2.75) is 77.2 Å². The van der Waals surface area contributed by atoms with Crippen molar-refractivity contribution < 1.29 is 29.0 Å². The van der Waals surface area contributed by atoms with Gasteiger partial charge in [0.1, 0.15) is 0 Å². The molecule has 0 unspecified atom stereocenters. The van der Waals surface area contributed by atoms with Gasteiger partial charge in [-0.3, -0.25) is 19.4 Å². The molecule has 4 rings (SSSR count). The fraction of sp³-hybridized carbons (Fsp3) is 0.586. The molecule has 9 heteroatoms. The number of carbonyl (C=O) groups is 3. The minimum atomic E-state index is -1.33. The smallest absolute Gasteiger partial charge is 0.317 e. The van der Waals surface area contributed by atoms with Gasteiger partial charge in [0.2, 0.25) is 5.76 Å². The van der Waals surface area contributed by atoms with Crippen LogP contribution in [0.15, 0.2) is 35.1 Å². The van der Waals surface area contributed by atoms with E-state index in [-0.39, 0.29) is 29.5 Å². The first kappa shape index (κ1) is 27.8. The molecule has 206 valence electrons. The zero-order chi connectivity index (χ0) is 27.1. The molecule has 1 aliphatic carbocycles. The number of pyridine rings is 1. The maximum atomic E-state index is 13.0. The predicted octanol–water partition coefficient (Wildman–Crippen LogP) is 4.75. The number of rotatable bonds is 11. The number of furan rings is 1. The molecule has 3 heterocycles. The molecule has 0 spiro atoms. The first-order valence-corrected chi connectivity index (χ1v) is 13.8. The second kappa shape index (κ2) is 12.6. The van der Waals surface area contributed by atoms with E-state index in [2.05, 4.69) is 15.2 Å². The normalized spacial score (nSPS) is 18.4. The number of aromatic nitrogens is 1. The second-order valence-corrected chi connectivity index (χ2v) is 11.1. The Kier molecular flexibility index (Phi) is 9.20. The summed E-state index contributed by atoms with van der Waals surface area (Å²) in [6.45, 7) is 4.62. The van der Waals surface area contributed by atoms with Crippen LogP contribution in [0.4, 0.5) is 0 Å². The van der Waals surface area contributed by atoms with E-state index in [0.717, 1.165) is 70.1 Å². The highest BCUT2D eigenvalue weighted by Crippen LogP contribution is 2.44. The van der Waals surface area contributed by atoms with E-state index in [1.807, 2.05) is 19.1 Å². The van der Waals surface area contributed by atoms with Crippen LogP contribution in [0.2, 0.25) is 0 Å². The fourth-order valence-corrected chi connectivity index (χ4v) is 5.99. The van der Waals surface area contributed by atoms with E-state index in [9.17, 15) is 24.6 Å². The molecule has 1 saturated heterocycles. The summed E-state index contributed by atoms with van der Waals surface area (Å²) in [5.41, 5.74) is 2.46. The molecule has 0 bridgehead atoms. The van der Waals surface area contributed by atoms with Crippen molar-refractivity contribution in [3.8, 4) is 11.3 Å². The summed E-state index contributed by atoms with van der Waals surface area (Å²) < 4.78 is 5.52. The van der Waals surface area contributed by atoms with Gasteiger partial charge < -0.3 is 24.8 Å². The van der Waals surface area contributed by atoms with Gasteiger partial charge in [0, 0.05) is 25.3 Å². The summed E-state index contributed by atoms with van der Waals surface area (Å²) in [6.07, 6.45) is 12.3. The van der Waals surface area contributed by atoms with E-state index in [1.165, 1.54) is 12.7 Å². The minimum absolute atomic E-state index is 0.0200. The summed E-state index contributed by atoms with van der Waals surface area (Å²) in [6, 6.07) is 5.68. The standard InChI is InChI=1S/C29H39N3O6/c1-20-5-6-24(30-19-20)22-10-18-38-25(22)26(33)31-21-8-15-32(16-9-21)17-14-29(11-3-2-4-12-29)13-7-23(27(34)35)28(36)37/h5-6,10,18-19,21,23H,2-4,7-9,11-17H2,1H3,(H,31,33)(H,34,35)(H,36,37). The number of amides is 1. The number of carboxylic acids is 2. The highest BCUT2D eigenvalue weighted by Gasteiger charge is 2.36. The van der Waals surface area contributed by atoms with Crippen LogP contribution < -0.4 is 5.32 Å². The Balaban J connectivity index is 1.27. The Hall–Kier alpha value is -3.20. The van der Waals surface area contributed by atoms with Crippen LogP contribution in [0.1, 0.15) is 80.3 Å². The SMILES string of the molecule is Cc1ccc(-c2ccoc2C(=O)NC2CCN(CCC3(CCC(C(=O)O)C(=O)O)CCCCC3)CC2)nc1. The molecular formula is C29H39N3O6. The highest BCUT2D eigenvalue weighted by atomic mass is 16.4. The Morgan fingerprint density at radius 3 is 2.42 bits per heavy atom. The third-order valence-electron chi connectivity index (χ3n) is 8.41. The Morgan fingerprint density at radius 2 is 1.79 bits per heavy atom. The first-order valence-electron chi connectivity index (χ1n) is 13.8. The molecule has 1 aliphatic heterocycles. The Labute approximate surface area is 223 Å². The van der Waals surface area contributed by atoms with Crippen molar-refractivity contribution in [2.75, 3.05) is 19.6 Å². The lowest BCUT2D eigenvalue weighted by Gasteiger charge is -2.40. The van der Waals surface area contributed by atoms with Gasteiger partial charge >= 0.3 is 11.9 Å². The number of carbonyl (C=O) groups excluding carboxylic acids is 1. The topological polar surface area (TPSA) is 133 Å². The Bertz CT molecular complexity index is 1080. The van der Waals surface area contributed by atoms with Crippen molar-refractivity contribution in [3.63, 3.8) is 0 Å². The lowest BCUT2D eigenvalue weighted by molar-refractivity contribution is -0.155. The van der Waals surface area contributed by atoms with E-state index >= 15 is 0 Å². The number of aryl methyl sites for hydroxylation is 1. The number of hydrogen-bond donors (Lipinski definition) is 3. The average molecular weight is 526 g/mol. The van der Waals surface area contributed by atoms with Crippen molar-refractivity contribution in [2.24, 2.45) is 11.3 Å². The number of likely N-dealkylation sites (tertiary alicyclic amines) is 1. The summed E-state index contributed by atoms with van der Waals surface area (Å²) >= 11 is 0. The minimum Gasteiger partial charge on any atom is -0.481 e. The molecule has 1 saturated carbocycles. The molecular weight excluding hydrogens is 486 g/mol. The molecule has 2 fully saturated rings. The summed E-state index contributed by atoms with van der Waals surface area (Å²) in [4.78, 5) is 42.6. The molecule has 1 amide bonds. The van der Waals surface area contributed by atoms with E-state index < -0.39 is 17.9 Å². The highest BCUT2D eigenvalue weighted by molar-refractivity contribution is 5.98. The first-order chi connectivity index (χ1) is 18.3. The number of aliphatic carboxylic acids is 2. The van der Waals surface area contributed by atoms with Crippen molar-refractivity contribution >= 4 is 17.8 Å². The van der Waals surface area contributed by atoms with Gasteiger partial charge in [0.25, 0.3) is 5.91 Å². The zero-order valence-corrected chi connectivity index (χ0v) is 22.2. The predicted molar refractivity (Wildman–Crippen MR) is 142 cm³/mol. The maximum Gasteiger partial charge on any atom is 0.317 e. The fourth-order valence-electron chi connectivity index (χ4n) is 5.99. The van der Waals surface area contributed by atoms with Gasteiger partial charge in [0.15, 0.2) is 5.92 Å². The van der Waals surface area contributed by atoms with Gasteiger partial charge in [0.05, 0.1) is 17.5 Å². The summed E-state index contributed by atoms with van der Waals surface area (Å²) in [5.74, 6) is -3.76. The van der Waals surface area contributed by atoms with E-state index in [4.69, 9.17) is 4.42 Å². The average Bonchev–Trinajstić information content (AvgIpc) is 3.39. The van der Waals surface area contributed by atoms with Crippen LogP contribution in [0.3, 0.4) is 0 Å². The van der Waals surface area contributed by atoms with Gasteiger partial charge in [-0.1, -0.05) is 25.3 Å². The lowest BCUT2D eigenvalue weighted by atomic mass is 9.68. The molecule has 9 nitrogen and oxygen atoms in total. The monoisotopic (exact) mass is 525 g/mol. The van der Waals surface area contributed by atoms with Crippen molar-refractivity contribution in [1.82, 2.24) is 15.2 Å². The zero-order valence-electron chi connectivity index (χ0n) is 22.2. The molecule has 38 heavy (non-hydrogen) atoms. The van der Waals surface area contributed by atoms with Crippen LogP contribution in [0, 0.1) is 18.3 Å². The molecule has 3 N–H and O–H groups in total. The van der Waals surface area contributed by atoms with Crippen LogP contribution in [-0.2, 0) is 9.59 Å². The number of nitrogens with zero attached hydrogens (tertiary/aromatic N) is 2. The molecule has 0 atom stereocenters. The van der Waals surface area contributed by atoms with Gasteiger partial charge in [-0.15, -0.1) is 0 Å². The molecule has 0 aromatic carbocycles. The third-order valence-corrected chi connectivity index (χ3v) is 8.41. The quantitative estimate of drug-likeness (QED) is 0.358. The summed E-state index contributed by atoms with van der Waals surface area (Å²) in [7, 11) is 0. The number of hydrogen-bond acceptors (Lipinski definition) is 6. The third kappa shape index (κ3) is 7.01. The van der Waals surface area contributed by atoms with Gasteiger partial charge in [-0.05, 0) is 81.5 Å². The van der Waals surface area contributed by atoms with Crippen LogP contribution in [0.5, 0.6) is 0 Å². The molecule has 0 radical (unpaired) electrons. The lowest BCUT2D eigenvalue weighted by Crippen LogP contribution is -2.45.